The largest absolute Gasteiger partial charge is 0.491 e. The molecule has 2 aromatic rings. The van der Waals surface area contributed by atoms with E-state index >= 15 is 0 Å². The number of pyridine rings is 1. The van der Waals surface area contributed by atoms with E-state index in [2.05, 4.69) is 5.32 Å². The molecule has 0 radical (unpaired) electrons. The van der Waals surface area contributed by atoms with Gasteiger partial charge >= 0.3 is 0 Å². The Morgan fingerprint density at radius 1 is 1.42 bits per heavy atom. The Kier molecular flexibility index (Phi) is 6.87. The fourth-order valence-corrected chi connectivity index (χ4v) is 3.47. The summed E-state index contributed by atoms with van der Waals surface area (Å²) in [5.74, 6) is -1.36. The molecule has 1 aliphatic heterocycles. The lowest BCUT2D eigenvalue weighted by Crippen LogP contribution is -2.36. The number of rotatable bonds is 7. The van der Waals surface area contributed by atoms with Crippen molar-refractivity contribution in [3.05, 3.63) is 62.8 Å². The van der Waals surface area contributed by atoms with Gasteiger partial charge in [0.15, 0.2) is 12.0 Å². The molecular weight excluding hydrogens is 405 g/mol. The van der Waals surface area contributed by atoms with Gasteiger partial charge in [-0.3, -0.25) is 19.3 Å². The van der Waals surface area contributed by atoms with Gasteiger partial charge in [-0.15, -0.1) is 0 Å². The van der Waals surface area contributed by atoms with Crippen LogP contribution < -0.4 is 15.5 Å². The zero-order valence-corrected chi connectivity index (χ0v) is 18.0. The van der Waals surface area contributed by atoms with Crippen LogP contribution >= 0.6 is 0 Å². The highest BCUT2D eigenvalue weighted by atomic mass is 19.1. The summed E-state index contributed by atoms with van der Waals surface area (Å²) in [4.78, 5) is 39.2. The molecule has 1 aromatic carbocycles. The second kappa shape index (κ2) is 9.40. The van der Waals surface area contributed by atoms with Crippen LogP contribution in [-0.4, -0.2) is 54.7 Å². The number of likely N-dealkylation sites (N-methyl/N-ethyl adjacent to an activating group) is 1. The molecule has 2 heterocycles. The first-order valence-corrected chi connectivity index (χ1v) is 9.90. The number of halogens is 1. The molecular formula is C22H26FN3O5. The monoisotopic (exact) mass is 431 g/mol. The molecule has 0 spiro atoms. The number of aldehydes is 1. The number of methoxy groups -OCH3 is 1. The Hall–Kier alpha value is -3.04. The molecule has 1 N–H and O–H groups in total. The van der Waals surface area contributed by atoms with E-state index in [0.717, 1.165) is 5.56 Å². The van der Waals surface area contributed by atoms with E-state index in [1.165, 1.54) is 23.9 Å². The third-order valence-corrected chi connectivity index (χ3v) is 5.52. The Bertz CT molecular complexity index is 1050. The number of benzene rings is 1. The summed E-state index contributed by atoms with van der Waals surface area (Å²) >= 11 is 0. The van der Waals surface area contributed by atoms with Crippen LogP contribution in [-0.2, 0) is 17.8 Å². The molecule has 1 aromatic heterocycles. The molecule has 9 heteroatoms. The van der Waals surface area contributed by atoms with Gasteiger partial charge in [0.25, 0.3) is 5.91 Å². The summed E-state index contributed by atoms with van der Waals surface area (Å²) in [6, 6.07) is 4.88. The fourth-order valence-electron chi connectivity index (χ4n) is 3.47. The fraction of sp³-hybridized carbons (Fsp3) is 0.409. The average Bonchev–Trinajstić information content (AvgIpc) is 3.05. The molecule has 31 heavy (non-hydrogen) atoms. The predicted molar refractivity (Wildman–Crippen MR) is 112 cm³/mol. The summed E-state index contributed by atoms with van der Waals surface area (Å²) in [5, 5.41) is 2.56. The second-order valence-electron chi connectivity index (χ2n) is 7.64. The zero-order valence-electron chi connectivity index (χ0n) is 18.0. The van der Waals surface area contributed by atoms with Crippen LogP contribution in [0.4, 0.5) is 4.39 Å². The SMILES string of the molecule is COc1c(C=O)n(C[C@H]2OC[C@H](C)N2C)cc(C(=O)NCc2ccc(C)cc2F)c1=O. The molecule has 1 amide bonds. The van der Waals surface area contributed by atoms with Crippen molar-refractivity contribution in [1.29, 1.82) is 0 Å². The number of aryl methyl sites for hydroxylation is 1. The topological polar surface area (TPSA) is 89.9 Å². The van der Waals surface area contributed by atoms with Crippen molar-refractivity contribution >= 4 is 12.2 Å². The lowest BCUT2D eigenvalue weighted by atomic mass is 10.1. The Morgan fingerprint density at radius 3 is 2.74 bits per heavy atom. The van der Waals surface area contributed by atoms with Gasteiger partial charge in [0.1, 0.15) is 23.3 Å². The molecule has 0 aliphatic carbocycles. The number of aromatic nitrogens is 1. The number of carbonyl (C=O) groups is 2. The van der Waals surface area contributed by atoms with Crippen molar-refractivity contribution in [2.75, 3.05) is 20.8 Å². The number of hydrogen-bond donors (Lipinski definition) is 1. The van der Waals surface area contributed by atoms with Gasteiger partial charge in [-0.25, -0.2) is 4.39 Å². The van der Waals surface area contributed by atoms with Crippen LogP contribution in [0.15, 0.2) is 29.2 Å². The Labute approximate surface area is 179 Å². The third kappa shape index (κ3) is 4.67. The van der Waals surface area contributed by atoms with E-state index in [1.54, 1.807) is 19.1 Å². The van der Waals surface area contributed by atoms with Crippen molar-refractivity contribution < 1.29 is 23.5 Å². The lowest BCUT2D eigenvalue weighted by Gasteiger charge is -2.24. The molecule has 1 fully saturated rings. The van der Waals surface area contributed by atoms with Gasteiger partial charge in [0.05, 0.1) is 20.3 Å². The molecule has 0 saturated carbocycles. The highest BCUT2D eigenvalue weighted by molar-refractivity contribution is 5.95. The van der Waals surface area contributed by atoms with E-state index in [1.807, 2.05) is 18.9 Å². The molecule has 3 rings (SSSR count). The van der Waals surface area contributed by atoms with Crippen LogP contribution in [0.1, 0.15) is 38.9 Å². The summed E-state index contributed by atoms with van der Waals surface area (Å²) in [5.41, 5.74) is 0.162. The minimum absolute atomic E-state index is 0.0187. The predicted octanol–water partition coefficient (Wildman–Crippen LogP) is 1.72. The van der Waals surface area contributed by atoms with E-state index < -0.39 is 17.2 Å². The number of carbonyl (C=O) groups excluding carboxylic acids is 2. The van der Waals surface area contributed by atoms with Gasteiger partial charge in [-0.1, -0.05) is 12.1 Å². The van der Waals surface area contributed by atoms with Crippen LogP contribution in [0.5, 0.6) is 5.75 Å². The maximum Gasteiger partial charge on any atom is 0.257 e. The van der Waals surface area contributed by atoms with Crippen molar-refractivity contribution in [2.45, 2.75) is 39.2 Å². The van der Waals surface area contributed by atoms with E-state index in [4.69, 9.17) is 9.47 Å². The number of amides is 1. The van der Waals surface area contributed by atoms with Gasteiger partial charge in [0, 0.05) is 24.3 Å². The van der Waals surface area contributed by atoms with E-state index in [-0.39, 0.29) is 42.4 Å². The van der Waals surface area contributed by atoms with Crippen LogP contribution in [0.25, 0.3) is 0 Å². The first kappa shape index (κ1) is 22.6. The number of ether oxygens (including phenoxy) is 2. The standard InChI is InChI=1S/C22H26FN3O5/c1-13-5-6-15(17(23)7-13)8-24-22(29)16-9-26(10-19-25(3)14(2)12-31-19)18(11-27)21(30-4)20(16)28/h5-7,9,11,14,19H,8,10,12H2,1-4H3,(H,24,29)/t14-,19+/m0/s1. The highest BCUT2D eigenvalue weighted by Gasteiger charge is 2.30. The number of nitrogens with zero attached hydrogens (tertiary/aromatic N) is 2. The van der Waals surface area contributed by atoms with Gasteiger partial charge < -0.3 is 19.4 Å². The smallest absolute Gasteiger partial charge is 0.257 e. The highest BCUT2D eigenvalue weighted by Crippen LogP contribution is 2.19. The third-order valence-electron chi connectivity index (χ3n) is 5.52. The Morgan fingerprint density at radius 2 is 2.16 bits per heavy atom. The molecule has 1 aliphatic rings. The first-order valence-electron chi connectivity index (χ1n) is 9.90. The maximum absolute atomic E-state index is 14.1. The molecule has 0 unspecified atom stereocenters. The zero-order chi connectivity index (χ0) is 22.7. The summed E-state index contributed by atoms with van der Waals surface area (Å²) in [6.07, 6.45) is 1.50. The molecule has 166 valence electrons. The average molecular weight is 431 g/mol. The second-order valence-corrected chi connectivity index (χ2v) is 7.64. The van der Waals surface area contributed by atoms with Crippen molar-refractivity contribution in [2.24, 2.45) is 0 Å². The van der Waals surface area contributed by atoms with Crippen molar-refractivity contribution in [1.82, 2.24) is 14.8 Å². The van der Waals surface area contributed by atoms with Crippen molar-refractivity contribution in [3.63, 3.8) is 0 Å². The summed E-state index contributed by atoms with van der Waals surface area (Å²) < 4.78 is 26.4. The maximum atomic E-state index is 14.1. The molecule has 1 saturated heterocycles. The number of hydrogen-bond acceptors (Lipinski definition) is 6. The minimum Gasteiger partial charge on any atom is -0.491 e. The Balaban J connectivity index is 1.90. The van der Waals surface area contributed by atoms with E-state index in [0.29, 0.717) is 18.5 Å². The molecule has 0 bridgehead atoms. The lowest BCUT2D eigenvalue weighted by molar-refractivity contribution is 0.0298. The first-order chi connectivity index (χ1) is 14.8. The van der Waals surface area contributed by atoms with Gasteiger partial charge in [-0.2, -0.15) is 0 Å². The molecule has 8 nitrogen and oxygen atoms in total. The van der Waals surface area contributed by atoms with Crippen molar-refractivity contribution in [3.8, 4) is 5.75 Å². The molecule has 2 atom stereocenters. The van der Waals surface area contributed by atoms with Crippen LogP contribution in [0.3, 0.4) is 0 Å². The van der Waals surface area contributed by atoms with Gasteiger partial charge in [0.2, 0.25) is 5.43 Å². The number of nitrogens with one attached hydrogen (secondary N) is 1. The quantitative estimate of drug-likeness (QED) is 0.672. The van der Waals surface area contributed by atoms with Gasteiger partial charge in [-0.05, 0) is 32.5 Å². The van der Waals surface area contributed by atoms with Crippen LogP contribution in [0, 0.1) is 12.7 Å². The summed E-state index contributed by atoms with van der Waals surface area (Å²) in [7, 11) is 3.16. The van der Waals surface area contributed by atoms with E-state index in [9.17, 15) is 18.8 Å². The summed E-state index contributed by atoms with van der Waals surface area (Å²) in [6.45, 7) is 4.44. The van der Waals surface area contributed by atoms with Crippen LogP contribution in [0.2, 0.25) is 0 Å². The minimum atomic E-state index is -0.711. The normalized spacial score (nSPS) is 18.7.